The second-order valence-corrected chi connectivity index (χ2v) is 8.58. The van der Waals surface area contributed by atoms with E-state index < -0.39 is 5.97 Å². The van der Waals surface area contributed by atoms with Gasteiger partial charge in [-0.3, -0.25) is 4.79 Å². The Morgan fingerprint density at radius 2 is 2.19 bits per heavy atom. The van der Waals surface area contributed by atoms with Gasteiger partial charge in [-0.05, 0) is 37.5 Å². The van der Waals surface area contributed by atoms with E-state index >= 15 is 0 Å². The number of carbonyl (C=O) groups is 1. The highest BCUT2D eigenvalue weighted by Crippen LogP contribution is 2.49. The van der Waals surface area contributed by atoms with Crippen molar-refractivity contribution in [1.82, 2.24) is 10.1 Å². The zero-order valence-electron chi connectivity index (χ0n) is 15.3. The van der Waals surface area contributed by atoms with E-state index in [1.807, 2.05) is 6.20 Å². The normalized spacial score (nSPS) is 15.5. The number of aromatic nitrogens is 2. The maximum Gasteiger partial charge on any atom is 0.304 e. The standard InChI is InChI=1S/C19H26N2O4S/c1-11(2)8-15-20-10-14(26-15)19-17(12-5-6-12)18(21-25-19)13(4-3-7-22)9-16(23)24/h10-13,22H,3-9H2,1-2H3,(H,23,24)/t13-/m0/s1. The first-order valence-corrected chi connectivity index (χ1v) is 10.1. The van der Waals surface area contributed by atoms with Crippen molar-refractivity contribution >= 4 is 17.3 Å². The average molecular weight is 378 g/mol. The van der Waals surface area contributed by atoms with Gasteiger partial charge in [0.2, 0.25) is 0 Å². The zero-order chi connectivity index (χ0) is 18.7. The third-order valence-corrected chi connectivity index (χ3v) is 5.64. The minimum absolute atomic E-state index is 0.00693. The Balaban J connectivity index is 1.92. The minimum Gasteiger partial charge on any atom is -0.481 e. The molecule has 0 aliphatic heterocycles. The molecular formula is C19H26N2O4S. The molecule has 1 aliphatic rings. The van der Waals surface area contributed by atoms with Crippen molar-refractivity contribution in [3.8, 4) is 10.6 Å². The molecule has 0 aromatic carbocycles. The van der Waals surface area contributed by atoms with Gasteiger partial charge in [-0.1, -0.05) is 19.0 Å². The predicted molar refractivity (Wildman–Crippen MR) is 99.4 cm³/mol. The molecule has 2 heterocycles. The summed E-state index contributed by atoms with van der Waals surface area (Å²) in [5.74, 6) is 0.620. The quantitative estimate of drug-likeness (QED) is 0.643. The predicted octanol–water partition coefficient (Wildman–Crippen LogP) is 4.20. The van der Waals surface area contributed by atoms with Crippen LogP contribution in [0, 0.1) is 5.92 Å². The molecule has 142 valence electrons. The van der Waals surface area contributed by atoms with Crippen LogP contribution in [0.4, 0.5) is 0 Å². The molecule has 1 aliphatic carbocycles. The molecule has 0 amide bonds. The summed E-state index contributed by atoms with van der Waals surface area (Å²) in [6.07, 6.45) is 6.10. The first-order valence-electron chi connectivity index (χ1n) is 9.26. The number of nitrogens with zero attached hydrogens (tertiary/aromatic N) is 2. The van der Waals surface area contributed by atoms with E-state index in [-0.39, 0.29) is 18.9 Å². The van der Waals surface area contributed by atoms with E-state index in [0.29, 0.717) is 24.7 Å². The lowest BCUT2D eigenvalue weighted by Gasteiger charge is -2.13. The van der Waals surface area contributed by atoms with Crippen LogP contribution >= 0.6 is 11.3 Å². The van der Waals surface area contributed by atoms with Crippen LogP contribution in [0.5, 0.6) is 0 Å². The Hall–Kier alpha value is -1.73. The monoisotopic (exact) mass is 378 g/mol. The van der Waals surface area contributed by atoms with Gasteiger partial charge in [0.05, 0.1) is 22.0 Å². The van der Waals surface area contributed by atoms with Crippen LogP contribution in [-0.4, -0.2) is 32.9 Å². The zero-order valence-corrected chi connectivity index (χ0v) is 16.1. The highest BCUT2D eigenvalue weighted by molar-refractivity contribution is 7.15. The molecule has 1 saturated carbocycles. The van der Waals surface area contributed by atoms with Crippen molar-refractivity contribution < 1.29 is 19.5 Å². The van der Waals surface area contributed by atoms with Crippen molar-refractivity contribution in [2.75, 3.05) is 6.61 Å². The largest absolute Gasteiger partial charge is 0.481 e. The summed E-state index contributed by atoms with van der Waals surface area (Å²) in [7, 11) is 0. The van der Waals surface area contributed by atoms with Gasteiger partial charge >= 0.3 is 5.97 Å². The lowest BCUT2D eigenvalue weighted by molar-refractivity contribution is -0.137. The number of carboxylic acid groups (broad SMARTS) is 1. The SMILES string of the molecule is CC(C)Cc1ncc(-c2onc([C@@H](CCCO)CC(=O)O)c2C2CC2)s1. The van der Waals surface area contributed by atoms with Crippen molar-refractivity contribution in [2.45, 2.75) is 64.2 Å². The maximum absolute atomic E-state index is 11.3. The van der Waals surface area contributed by atoms with Gasteiger partial charge in [0.1, 0.15) is 0 Å². The van der Waals surface area contributed by atoms with Crippen LogP contribution < -0.4 is 0 Å². The molecule has 3 rings (SSSR count). The number of aliphatic hydroxyl groups is 1. The molecule has 0 spiro atoms. The molecule has 0 unspecified atom stereocenters. The topological polar surface area (TPSA) is 96.5 Å². The van der Waals surface area contributed by atoms with Gasteiger partial charge in [-0.15, -0.1) is 11.3 Å². The lowest BCUT2D eigenvalue weighted by Crippen LogP contribution is -2.09. The van der Waals surface area contributed by atoms with Crippen molar-refractivity contribution in [3.63, 3.8) is 0 Å². The molecule has 1 atom stereocenters. The number of aliphatic carboxylic acids is 1. The van der Waals surface area contributed by atoms with Gasteiger partial charge in [0.15, 0.2) is 5.76 Å². The van der Waals surface area contributed by atoms with E-state index in [0.717, 1.165) is 46.2 Å². The summed E-state index contributed by atoms with van der Waals surface area (Å²) in [6.45, 7) is 4.38. The summed E-state index contributed by atoms with van der Waals surface area (Å²) in [5.41, 5.74) is 1.83. The van der Waals surface area contributed by atoms with Crippen LogP contribution in [0.2, 0.25) is 0 Å². The first kappa shape index (κ1) is 19.0. The van der Waals surface area contributed by atoms with Gasteiger partial charge in [-0.25, -0.2) is 4.98 Å². The van der Waals surface area contributed by atoms with Gasteiger partial charge in [0.25, 0.3) is 0 Å². The van der Waals surface area contributed by atoms with E-state index in [1.165, 1.54) is 0 Å². The summed E-state index contributed by atoms with van der Waals surface area (Å²) in [5, 5.41) is 23.8. The fourth-order valence-corrected chi connectivity index (χ4v) is 4.41. The van der Waals surface area contributed by atoms with Crippen molar-refractivity contribution in [2.24, 2.45) is 5.92 Å². The molecule has 2 aromatic heterocycles. The Bertz CT molecular complexity index is 749. The Labute approximate surface area is 157 Å². The third kappa shape index (κ3) is 4.51. The molecule has 26 heavy (non-hydrogen) atoms. The number of hydrogen-bond acceptors (Lipinski definition) is 6. The summed E-state index contributed by atoms with van der Waals surface area (Å²) < 4.78 is 5.71. The van der Waals surface area contributed by atoms with Crippen LogP contribution in [0.25, 0.3) is 10.6 Å². The first-order chi connectivity index (χ1) is 12.5. The van der Waals surface area contributed by atoms with Crippen molar-refractivity contribution in [1.29, 1.82) is 0 Å². The second-order valence-electron chi connectivity index (χ2n) is 7.46. The molecule has 0 bridgehead atoms. The second kappa shape index (κ2) is 8.31. The fraction of sp³-hybridized carbons (Fsp3) is 0.632. The number of thiazole rings is 1. The Kier molecular flexibility index (Phi) is 6.09. The van der Waals surface area contributed by atoms with E-state index in [1.54, 1.807) is 11.3 Å². The van der Waals surface area contributed by atoms with Gasteiger partial charge in [-0.2, -0.15) is 0 Å². The summed E-state index contributed by atoms with van der Waals surface area (Å²) in [6, 6.07) is 0. The number of carboxylic acids is 1. The third-order valence-electron chi connectivity index (χ3n) is 4.62. The molecule has 2 aromatic rings. The number of aliphatic hydroxyl groups excluding tert-OH is 1. The van der Waals surface area contributed by atoms with Crippen LogP contribution in [0.3, 0.4) is 0 Å². The summed E-state index contributed by atoms with van der Waals surface area (Å²) in [4.78, 5) is 16.8. The Morgan fingerprint density at radius 3 is 2.81 bits per heavy atom. The molecule has 2 N–H and O–H groups in total. The average Bonchev–Trinajstić information content (AvgIpc) is 3.15. The molecule has 7 heteroatoms. The van der Waals surface area contributed by atoms with E-state index in [4.69, 9.17) is 9.63 Å². The van der Waals surface area contributed by atoms with Crippen LogP contribution in [0.1, 0.15) is 74.1 Å². The van der Waals surface area contributed by atoms with Crippen LogP contribution in [0.15, 0.2) is 10.7 Å². The highest BCUT2D eigenvalue weighted by atomic mass is 32.1. The fourth-order valence-electron chi connectivity index (χ4n) is 3.29. The van der Waals surface area contributed by atoms with Crippen LogP contribution in [-0.2, 0) is 11.2 Å². The Morgan fingerprint density at radius 1 is 1.42 bits per heavy atom. The minimum atomic E-state index is -0.851. The lowest BCUT2D eigenvalue weighted by atomic mass is 9.91. The van der Waals surface area contributed by atoms with Crippen molar-refractivity contribution in [3.05, 3.63) is 22.5 Å². The van der Waals surface area contributed by atoms with E-state index in [9.17, 15) is 9.90 Å². The maximum atomic E-state index is 11.3. The summed E-state index contributed by atoms with van der Waals surface area (Å²) >= 11 is 1.63. The number of rotatable bonds is 10. The molecule has 6 nitrogen and oxygen atoms in total. The molecule has 1 fully saturated rings. The van der Waals surface area contributed by atoms with E-state index in [2.05, 4.69) is 24.0 Å². The smallest absolute Gasteiger partial charge is 0.304 e. The highest BCUT2D eigenvalue weighted by Gasteiger charge is 2.36. The number of hydrogen-bond donors (Lipinski definition) is 2. The van der Waals surface area contributed by atoms with Gasteiger partial charge < -0.3 is 14.7 Å². The molecule has 0 radical (unpaired) electrons. The molecular weight excluding hydrogens is 352 g/mol. The van der Waals surface area contributed by atoms with Gasteiger partial charge in [0, 0.05) is 30.7 Å². The molecule has 0 saturated heterocycles.